The molecule has 14 heavy (non-hydrogen) atoms. The van der Waals surface area contributed by atoms with Gasteiger partial charge in [0.15, 0.2) is 0 Å². The number of carboxylic acids is 1. The third-order valence-electron chi connectivity index (χ3n) is 1.89. The molecule has 0 saturated carbocycles. The molecule has 0 aromatic carbocycles. The highest BCUT2D eigenvalue weighted by molar-refractivity contribution is 5.76. The Bertz CT molecular complexity index is 219. The van der Waals surface area contributed by atoms with Crippen molar-refractivity contribution in [1.82, 2.24) is 5.32 Å². The highest BCUT2D eigenvalue weighted by Gasteiger charge is 2.23. The SMILES string of the molecule is C[C@@H](OC(=O)NCC(=O)O)C(C)(C)C. The molecule has 0 aromatic heterocycles. The van der Waals surface area contributed by atoms with E-state index in [1.807, 2.05) is 20.8 Å². The van der Waals surface area contributed by atoms with E-state index >= 15 is 0 Å². The van der Waals surface area contributed by atoms with Gasteiger partial charge in [0.2, 0.25) is 0 Å². The minimum absolute atomic E-state index is 0.152. The first-order chi connectivity index (χ1) is 6.23. The molecule has 0 saturated heterocycles. The number of carboxylic acid groups (broad SMARTS) is 1. The fraction of sp³-hybridized carbons (Fsp3) is 0.778. The summed E-state index contributed by atoms with van der Waals surface area (Å²) in [6.45, 7) is 7.14. The summed E-state index contributed by atoms with van der Waals surface area (Å²) in [4.78, 5) is 21.1. The van der Waals surface area contributed by atoms with Crippen LogP contribution in [-0.2, 0) is 9.53 Å². The maximum atomic E-state index is 11.0. The lowest BCUT2D eigenvalue weighted by Gasteiger charge is -2.26. The van der Waals surface area contributed by atoms with Gasteiger partial charge in [-0.15, -0.1) is 0 Å². The number of carbonyl (C=O) groups excluding carboxylic acids is 1. The van der Waals surface area contributed by atoms with Crippen LogP contribution in [0.4, 0.5) is 4.79 Å². The van der Waals surface area contributed by atoms with Gasteiger partial charge in [-0.25, -0.2) is 4.79 Å². The summed E-state index contributed by atoms with van der Waals surface area (Å²) in [5.41, 5.74) is -0.152. The Labute approximate surface area is 83.4 Å². The van der Waals surface area contributed by atoms with Gasteiger partial charge in [-0.1, -0.05) is 20.8 Å². The zero-order valence-electron chi connectivity index (χ0n) is 8.96. The number of amides is 1. The van der Waals surface area contributed by atoms with Crippen molar-refractivity contribution >= 4 is 12.1 Å². The third kappa shape index (κ3) is 5.40. The molecule has 2 N–H and O–H groups in total. The number of alkyl carbamates (subject to hydrolysis) is 1. The first-order valence-corrected chi connectivity index (χ1v) is 4.39. The molecule has 82 valence electrons. The maximum Gasteiger partial charge on any atom is 0.407 e. The van der Waals surface area contributed by atoms with Crippen molar-refractivity contribution in [3.8, 4) is 0 Å². The second-order valence-electron chi connectivity index (χ2n) is 4.16. The molecule has 0 unspecified atom stereocenters. The lowest BCUT2D eigenvalue weighted by atomic mass is 9.90. The van der Waals surface area contributed by atoms with Crippen molar-refractivity contribution in [2.24, 2.45) is 5.41 Å². The molecular formula is C9H17NO4. The summed E-state index contributed by atoms with van der Waals surface area (Å²) in [7, 11) is 0. The van der Waals surface area contributed by atoms with Crippen LogP contribution < -0.4 is 5.32 Å². The summed E-state index contributed by atoms with van der Waals surface area (Å²) in [6, 6.07) is 0. The van der Waals surface area contributed by atoms with Crippen molar-refractivity contribution in [2.75, 3.05) is 6.54 Å². The molecule has 5 nitrogen and oxygen atoms in total. The van der Waals surface area contributed by atoms with Crippen LogP contribution in [0.3, 0.4) is 0 Å². The molecular weight excluding hydrogens is 186 g/mol. The van der Waals surface area contributed by atoms with Gasteiger partial charge in [0.1, 0.15) is 12.6 Å². The predicted molar refractivity (Wildman–Crippen MR) is 51.0 cm³/mol. The van der Waals surface area contributed by atoms with Crippen LogP contribution in [0.15, 0.2) is 0 Å². The lowest BCUT2D eigenvalue weighted by molar-refractivity contribution is -0.135. The van der Waals surface area contributed by atoms with E-state index in [0.717, 1.165) is 0 Å². The van der Waals surface area contributed by atoms with E-state index in [4.69, 9.17) is 9.84 Å². The Morgan fingerprint density at radius 1 is 1.43 bits per heavy atom. The Balaban J connectivity index is 3.89. The van der Waals surface area contributed by atoms with Crippen molar-refractivity contribution < 1.29 is 19.4 Å². The smallest absolute Gasteiger partial charge is 0.407 e. The number of carbonyl (C=O) groups is 2. The normalized spacial score (nSPS) is 13.1. The number of nitrogens with one attached hydrogen (secondary N) is 1. The van der Waals surface area contributed by atoms with Gasteiger partial charge in [0.05, 0.1) is 0 Å². The number of hydrogen-bond acceptors (Lipinski definition) is 3. The minimum Gasteiger partial charge on any atom is -0.480 e. The Morgan fingerprint density at radius 3 is 2.29 bits per heavy atom. The zero-order valence-corrected chi connectivity index (χ0v) is 8.96. The number of aliphatic carboxylic acids is 1. The molecule has 1 amide bonds. The maximum absolute atomic E-state index is 11.0. The van der Waals surface area contributed by atoms with E-state index < -0.39 is 18.6 Å². The molecule has 0 fully saturated rings. The molecule has 0 rings (SSSR count). The standard InChI is InChI=1S/C9H17NO4/c1-6(9(2,3)4)14-8(13)10-5-7(11)12/h6H,5H2,1-4H3,(H,10,13)(H,11,12)/t6-/m1/s1. The average Bonchev–Trinajstić information content (AvgIpc) is 1.99. The van der Waals surface area contributed by atoms with Gasteiger partial charge in [0.25, 0.3) is 0 Å². The summed E-state index contributed by atoms with van der Waals surface area (Å²) in [5, 5.41) is 10.4. The van der Waals surface area contributed by atoms with E-state index in [9.17, 15) is 9.59 Å². The van der Waals surface area contributed by atoms with Crippen LogP contribution >= 0.6 is 0 Å². The summed E-state index contributed by atoms with van der Waals surface area (Å²) < 4.78 is 4.95. The third-order valence-corrected chi connectivity index (χ3v) is 1.89. The van der Waals surface area contributed by atoms with Crippen LogP contribution in [-0.4, -0.2) is 29.8 Å². The molecule has 5 heteroatoms. The van der Waals surface area contributed by atoms with Crippen molar-refractivity contribution in [2.45, 2.75) is 33.8 Å². The van der Waals surface area contributed by atoms with E-state index in [-0.39, 0.29) is 11.5 Å². The fourth-order valence-electron chi connectivity index (χ4n) is 0.527. The van der Waals surface area contributed by atoms with E-state index in [2.05, 4.69) is 5.32 Å². The highest BCUT2D eigenvalue weighted by Crippen LogP contribution is 2.21. The molecule has 0 aliphatic rings. The van der Waals surface area contributed by atoms with E-state index in [1.165, 1.54) is 0 Å². The van der Waals surface area contributed by atoms with Crippen molar-refractivity contribution in [1.29, 1.82) is 0 Å². The highest BCUT2D eigenvalue weighted by atomic mass is 16.6. The average molecular weight is 203 g/mol. The molecule has 0 aliphatic heterocycles. The molecule has 0 heterocycles. The van der Waals surface area contributed by atoms with Crippen LogP contribution in [0.5, 0.6) is 0 Å². The van der Waals surface area contributed by atoms with Crippen LogP contribution in [0.25, 0.3) is 0 Å². The van der Waals surface area contributed by atoms with Gasteiger partial charge in [-0.2, -0.15) is 0 Å². The van der Waals surface area contributed by atoms with Gasteiger partial charge in [-0.3, -0.25) is 4.79 Å². The number of hydrogen-bond donors (Lipinski definition) is 2. The zero-order chi connectivity index (χ0) is 11.4. The van der Waals surface area contributed by atoms with Gasteiger partial charge in [-0.05, 0) is 12.3 Å². The predicted octanol–water partition coefficient (Wildman–Crippen LogP) is 1.23. The summed E-state index contributed by atoms with van der Waals surface area (Å²) >= 11 is 0. The molecule has 0 aliphatic carbocycles. The van der Waals surface area contributed by atoms with Gasteiger partial charge >= 0.3 is 12.1 Å². The van der Waals surface area contributed by atoms with Gasteiger partial charge in [0, 0.05) is 0 Å². The van der Waals surface area contributed by atoms with Crippen LogP contribution in [0.1, 0.15) is 27.7 Å². The first kappa shape index (κ1) is 12.7. The summed E-state index contributed by atoms with van der Waals surface area (Å²) in [5.74, 6) is -1.09. The lowest BCUT2D eigenvalue weighted by Crippen LogP contribution is -2.36. The largest absolute Gasteiger partial charge is 0.480 e. The number of ether oxygens (including phenoxy) is 1. The molecule has 0 aromatic rings. The first-order valence-electron chi connectivity index (χ1n) is 4.39. The topological polar surface area (TPSA) is 75.6 Å². The Morgan fingerprint density at radius 2 is 1.93 bits per heavy atom. The van der Waals surface area contributed by atoms with Gasteiger partial charge < -0.3 is 15.2 Å². The van der Waals surface area contributed by atoms with Crippen molar-refractivity contribution in [3.63, 3.8) is 0 Å². The Kier molecular flexibility index (Phi) is 4.40. The summed E-state index contributed by atoms with van der Waals surface area (Å²) in [6.07, 6.45) is -0.967. The van der Waals surface area contributed by atoms with Crippen LogP contribution in [0.2, 0.25) is 0 Å². The molecule has 0 radical (unpaired) electrons. The molecule has 1 atom stereocenters. The van der Waals surface area contributed by atoms with Crippen molar-refractivity contribution in [3.05, 3.63) is 0 Å². The monoisotopic (exact) mass is 203 g/mol. The molecule has 0 bridgehead atoms. The fourth-order valence-corrected chi connectivity index (χ4v) is 0.527. The van der Waals surface area contributed by atoms with E-state index in [1.54, 1.807) is 6.92 Å². The van der Waals surface area contributed by atoms with Crippen LogP contribution in [0, 0.1) is 5.41 Å². The second-order valence-corrected chi connectivity index (χ2v) is 4.16. The second kappa shape index (κ2) is 4.83. The Hall–Kier alpha value is -1.26. The quantitative estimate of drug-likeness (QED) is 0.723. The minimum atomic E-state index is -1.09. The van der Waals surface area contributed by atoms with E-state index in [0.29, 0.717) is 0 Å². The molecule has 0 spiro atoms. The number of rotatable bonds is 3.